The van der Waals surface area contributed by atoms with Crippen molar-refractivity contribution in [3.63, 3.8) is 0 Å². The molecule has 1 amide bonds. The van der Waals surface area contributed by atoms with Gasteiger partial charge in [-0.05, 0) is 42.8 Å². The van der Waals surface area contributed by atoms with E-state index in [0.29, 0.717) is 5.69 Å². The van der Waals surface area contributed by atoms with Crippen LogP contribution in [0.15, 0.2) is 53.4 Å². The number of carbonyl (C=O) groups is 2. The molecule has 0 aliphatic heterocycles. The van der Waals surface area contributed by atoms with Crippen molar-refractivity contribution in [2.75, 3.05) is 11.9 Å². The van der Waals surface area contributed by atoms with E-state index in [-0.39, 0.29) is 10.5 Å². The number of anilines is 1. The van der Waals surface area contributed by atoms with E-state index in [9.17, 15) is 18.0 Å². The number of carboxylic acids is 1. The zero-order valence-electron chi connectivity index (χ0n) is 12.8. The van der Waals surface area contributed by atoms with Crippen molar-refractivity contribution >= 4 is 27.6 Å². The first-order chi connectivity index (χ1) is 11.3. The lowest BCUT2D eigenvalue weighted by atomic mass is 10.2. The Morgan fingerprint density at radius 2 is 1.67 bits per heavy atom. The average molecular weight is 348 g/mol. The topological polar surface area (TPSA) is 113 Å². The number of benzene rings is 2. The molecular formula is C16H16N2O5S. The summed E-state index contributed by atoms with van der Waals surface area (Å²) in [5.41, 5.74) is 1.44. The summed E-state index contributed by atoms with van der Waals surface area (Å²) in [5.74, 6) is -1.65. The summed E-state index contributed by atoms with van der Waals surface area (Å²) in [5, 5.41) is 11.4. The molecule has 126 valence electrons. The number of sulfonamides is 1. The van der Waals surface area contributed by atoms with Crippen molar-refractivity contribution in [2.45, 2.75) is 11.8 Å². The number of hydrogen-bond acceptors (Lipinski definition) is 4. The Hall–Kier alpha value is -2.71. The first kappa shape index (κ1) is 17.6. The molecular weight excluding hydrogens is 332 g/mol. The molecule has 0 radical (unpaired) electrons. The number of amides is 1. The molecule has 0 heterocycles. The third kappa shape index (κ3) is 4.40. The summed E-state index contributed by atoms with van der Waals surface area (Å²) >= 11 is 0. The van der Waals surface area contributed by atoms with Gasteiger partial charge in [0.05, 0.1) is 17.0 Å². The maximum absolute atomic E-state index is 12.1. The predicted octanol–water partition coefficient (Wildman–Crippen LogP) is 1.61. The Bertz CT molecular complexity index is 860. The Balaban J connectivity index is 2.00. The van der Waals surface area contributed by atoms with Gasteiger partial charge in [-0.2, -0.15) is 0 Å². The van der Waals surface area contributed by atoms with Crippen LogP contribution in [0.2, 0.25) is 0 Å². The molecule has 0 bridgehead atoms. The van der Waals surface area contributed by atoms with Crippen molar-refractivity contribution < 1.29 is 23.1 Å². The normalized spacial score (nSPS) is 11.0. The van der Waals surface area contributed by atoms with Crippen LogP contribution in [-0.2, 0) is 14.8 Å². The predicted molar refractivity (Wildman–Crippen MR) is 88.4 cm³/mol. The number of aromatic carboxylic acids is 1. The minimum Gasteiger partial charge on any atom is -0.478 e. The highest BCUT2D eigenvalue weighted by atomic mass is 32.2. The summed E-state index contributed by atoms with van der Waals surface area (Å²) < 4.78 is 26.4. The summed E-state index contributed by atoms with van der Waals surface area (Å²) in [6, 6.07) is 11.8. The highest BCUT2D eigenvalue weighted by Gasteiger charge is 2.16. The highest BCUT2D eigenvalue weighted by Crippen LogP contribution is 2.13. The van der Waals surface area contributed by atoms with Gasteiger partial charge in [-0.3, -0.25) is 4.79 Å². The minimum atomic E-state index is -3.90. The lowest BCUT2D eigenvalue weighted by Crippen LogP contribution is -2.33. The van der Waals surface area contributed by atoms with Gasteiger partial charge in [-0.25, -0.2) is 17.9 Å². The average Bonchev–Trinajstić information content (AvgIpc) is 2.55. The Kier molecular flexibility index (Phi) is 5.32. The fraction of sp³-hybridized carbons (Fsp3) is 0.125. The van der Waals surface area contributed by atoms with E-state index in [1.54, 1.807) is 12.1 Å². The van der Waals surface area contributed by atoms with E-state index in [4.69, 9.17) is 5.11 Å². The summed E-state index contributed by atoms with van der Waals surface area (Å²) in [7, 11) is -3.90. The molecule has 2 rings (SSSR count). The van der Waals surface area contributed by atoms with Crippen LogP contribution in [0.3, 0.4) is 0 Å². The largest absolute Gasteiger partial charge is 0.478 e. The molecule has 0 aromatic heterocycles. The number of para-hydroxylation sites is 1. The van der Waals surface area contributed by atoms with Gasteiger partial charge in [0, 0.05) is 5.69 Å². The van der Waals surface area contributed by atoms with Crippen molar-refractivity contribution in [3.8, 4) is 0 Å². The van der Waals surface area contributed by atoms with Crippen LogP contribution in [0.1, 0.15) is 15.9 Å². The molecule has 0 saturated carbocycles. The first-order valence-corrected chi connectivity index (χ1v) is 8.46. The molecule has 7 nitrogen and oxygen atoms in total. The monoisotopic (exact) mass is 348 g/mol. The fourth-order valence-electron chi connectivity index (χ4n) is 1.93. The molecule has 0 aliphatic carbocycles. The molecule has 0 fully saturated rings. The number of rotatable bonds is 6. The van der Waals surface area contributed by atoms with E-state index >= 15 is 0 Å². The zero-order valence-corrected chi connectivity index (χ0v) is 13.6. The van der Waals surface area contributed by atoms with Gasteiger partial charge in [0.15, 0.2) is 0 Å². The van der Waals surface area contributed by atoms with Gasteiger partial charge >= 0.3 is 5.97 Å². The molecule has 2 aromatic carbocycles. The maximum Gasteiger partial charge on any atom is 0.335 e. The molecule has 3 N–H and O–H groups in total. The van der Waals surface area contributed by atoms with Crippen LogP contribution < -0.4 is 10.0 Å². The third-order valence-electron chi connectivity index (χ3n) is 3.25. The first-order valence-electron chi connectivity index (χ1n) is 6.98. The van der Waals surface area contributed by atoms with Crippen molar-refractivity contribution in [1.29, 1.82) is 0 Å². The third-order valence-corrected chi connectivity index (χ3v) is 4.67. The molecule has 0 atom stereocenters. The van der Waals surface area contributed by atoms with E-state index in [2.05, 4.69) is 10.0 Å². The minimum absolute atomic E-state index is 0.0220. The lowest BCUT2D eigenvalue weighted by Gasteiger charge is -2.09. The van der Waals surface area contributed by atoms with Gasteiger partial charge in [0.25, 0.3) is 0 Å². The second-order valence-electron chi connectivity index (χ2n) is 5.02. The fourth-order valence-corrected chi connectivity index (χ4v) is 2.91. The number of carbonyl (C=O) groups excluding carboxylic acids is 1. The van der Waals surface area contributed by atoms with Crippen LogP contribution in [-0.4, -0.2) is 31.9 Å². The quantitative estimate of drug-likeness (QED) is 0.734. The van der Waals surface area contributed by atoms with Gasteiger partial charge in [0.2, 0.25) is 15.9 Å². The van der Waals surface area contributed by atoms with Crippen molar-refractivity contribution in [3.05, 3.63) is 59.7 Å². The molecule has 8 heteroatoms. The van der Waals surface area contributed by atoms with Crippen LogP contribution in [0.5, 0.6) is 0 Å². The van der Waals surface area contributed by atoms with Gasteiger partial charge in [-0.15, -0.1) is 0 Å². The highest BCUT2D eigenvalue weighted by molar-refractivity contribution is 7.89. The van der Waals surface area contributed by atoms with Crippen molar-refractivity contribution in [2.24, 2.45) is 0 Å². The number of aryl methyl sites for hydroxylation is 1. The summed E-state index contributed by atoms with van der Waals surface area (Å²) in [4.78, 5) is 22.5. The molecule has 0 unspecified atom stereocenters. The SMILES string of the molecule is Cc1ccccc1NC(=O)CNS(=O)(=O)c1ccc(C(=O)O)cc1. The number of nitrogens with one attached hydrogen (secondary N) is 2. The number of carboxylic acid groups (broad SMARTS) is 1. The van der Waals surface area contributed by atoms with Crippen LogP contribution in [0.25, 0.3) is 0 Å². The smallest absolute Gasteiger partial charge is 0.335 e. The summed E-state index contributed by atoms with van der Waals surface area (Å²) in [6.45, 7) is 1.39. The van der Waals surface area contributed by atoms with E-state index < -0.39 is 28.4 Å². The molecule has 0 saturated heterocycles. The Labute approximate surface area is 139 Å². The lowest BCUT2D eigenvalue weighted by molar-refractivity contribution is -0.115. The zero-order chi connectivity index (χ0) is 17.7. The Morgan fingerprint density at radius 1 is 1.04 bits per heavy atom. The summed E-state index contributed by atoms with van der Waals surface area (Å²) in [6.07, 6.45) is 0. The molecule has 2 aromatic rings. The molecule has 24 heavy (non-hydrogen) atoms. The maximum atomic E-state index is 12.1. The van der Waals surface area contributed by atoms with Crippen LogP contribution >= 0.6 is 0 Å². The molecule has 0 aliphatic rings. The van der Waals surface area contributed by atoms with Gasteiger partial charge in [-0.1, -0.05) is 18.2 Å². The van der Waals surface area contributed by atoms with E-state index in [0.717, 1.165) is 5.56 Å². The van der Waals surface area contributed by atoms with E-state index in [1.165, 1.54) is 24.3 Å². The van der Waals surface area contributed by atoms with Crippen LogP contribution in [0.4, 0.5) is 5.69 Å². The molecule has 0 spiro atoms. The van der Waals surface area contributed by atoms with Gasteiger partial charge in [0.1, 0.15) is 0 Å². The standard InChI is InChI=1S/C16H16N2O5S/c1-11-4-2-3-5-14(11)18-15(19)10-17-24(22,23)13-8-6-12(7-9-13)16(20)21/h2-9,17H,10H2,1H3,(H,18,19)(H,20,21). The second kappa shape index (κ2) is 7.24. The Morgan fingerprint density at radius 3 is 2.25 bits per heavy atom. The van der Waals surface area contributed by atoms with Gasteiger partial charge < -0.3 is 10.4 Å². The van der Waals surface area contributed by atoms with Crippen LogP contribution in [0, 0.1) is 6.92 Å². The van der Waals surface area contributed by atoms with Crippen molar-refractivity contribution in [1.82, 2.24) is 4.72 Å². The van der Waals surface area contributed by atoms with E-state index in [1.807, 2.05) is 19.1 Å². The second-order valence-corrected chi connectivity index (χ2v) is 6.78. The number of hydrogen-bond donors (Lipinski definition) is 3.